The number of carbonyl (C=O) groups is 1. The van der Waals surface area contributed by atoms with Crippen LogP contribution in [0.15, 0.2) is 0 Å². The molecule has 1 saturated carbocycles. The minimum absolute atomic E-state index is 0. The molecule has 5 heteroatoms. The minimum Gasteiger partial charge on any atom is -0.353 e. The van der Waals surface area contributed by atoms with Crippen LogP contribution in [0.3, 0.4) is 0 Å². The van der Waals surface area contributed by atoms with Crippen molar-refractivity contribution >= 4 is 18.3 Å². The summed E-state index contributed by atoms with van der Waals surface area (Å²) >= 11 is 0. The number of rotatable bonds is 5. The highest BCUT2D eigenvalue weighted by Crippen LogP contribution is 2.17. The van der Waals surface area contributed by atoms with E-state index in [0.717, 1.165) is 19.6 Å². The maximum Gasteiger partial charge on any atom is 0.221 e. The molecule has 2 N–H and O–H groups in total. The molecule has 2 rings (SSSR count). The number of halogens is 1. The zero-order chi connectivity index (χ0) is 12.8. The van der Waals surface area contributed by atoms with Crippen LogP contribution in [0.5, 0.6) is 0 Å². The Morgan fingerprint density at radius 2 is 1.84 bits per heavy atom. The third-order valence-electron chi connectivity index (χ3n) is 4.29. The average molecular weight is 290 g/mol. The molecule has 19 heavy (non-hydrogen) atoms. The molecule has 1 unspecified atom stereocenters. The highest BCUT2D eigenvalue weighted by Gasteiger charge is 2.20. The second-order valence-electron chi connectivity index (χ2n) is 5.73. The van der Waals surface area contributed by atoms with E-state index in [1.165, 1.54) is 38.5 Å². The second-order valence-corrected chi connectivity index (χ2v) is 5.73. The van der Waals surface area contributed by atoms with Gasteiger partial charge in [-0.05, 0) is 39.3 Å². The Balaban J connectivity index is 0.00000180. The van der Waals surface area contributed by atoms with E-state index < -0.39 is 0 Å². The molecule has 1 aliphatic heterocycles. The van der Waals surface area contributed by atoms with Crippen molar-refractivity contribution in [1.82, 2.24) is 15.5 Å². The molecule has 1 saturated heterocycles. The molecular formula is C14H28ClN3O. The molecule has 4 nitrogen and oxygen atoms in total. The van der Waals surface area contributed by atoms with Crippen molar-refractivity contribution in [2.45, 2.75) is 57.0 Å². The lowest BCUT2D eigenvalue weighted by atomic mass is 10.1. The molecule has 0 aromatic rings. The summed E-state index contributed by atoms with van der Waals surface area (Å²) in [5.41, 5.74) is 0. The van der Waals surface area contributed by atoms with Crippen LogP contribution in [-0.2, 0) is 4.79 Å². The molecule has 0 radical (unpaired) electrons. The minimum atomic E-state index is 0. The molecule has 1 atom stereocenters. The van der Waals surface area contributed by atoms with Gasteiger partial charge in [-0.3, -0.25) is 4.79 Å². The first-order chi connectivity index (χ1) is 8.78. The average Bonchev–Trinajstić information content (AvgIpc) is 2.89. The van der Waals surface area contributed by atoms with Gasteiger partial charge in [0.2, 0.25) is 5.91 Å². The summed E-state index contributed by atoms with van der Waals surface area (Å²) < 4.78 is 0. The lowest BCUT2D eigenvalue weighted by molar-refractivity contribution is -0.122. The Hall–Kier alpha value is -0.320. The van der Waals surface area contributed by atoms with Crippen LogP contribution in [-0.4, -0.2) is 49.6 Å². The Bertz CT molecular complexity index is 269. The van der Waals surface area contributed by atoms with Crippen molar-refractivity contribution in [3.63, 3.8) is 0 Å². The van der Waals surface area contributed by atoms with Crippen LogP contribution in [0.1, 0.15) is 44.9 Å². The van der Waals surface area contributed by atoms with E-state index in [9.17, 15) is 4.79 Å². The quantitative estimate of drug-likeness (QED) is 0.807. The van der Waals surface area contributed by atoms with Crippen molar-refractivity contribution in [3.8, 4) is 0 Å². The largest absolute Gasteiger partial charge is 0.353 e. The Labute approximate surface area is 123 Å². The SMILES string of the molecule is CNC1CCCN(CCC(=O)NC2CCCC2)C1.Cl. The number of piperidine rings is 1. The summed E-state index contributed by atoms with van der Waals surface area (Å²) in [6.07, 6.45) is 8.08. The van der Waals surface area contributed by atoms with E-state index in [4.69, 9.17) is 0 Å². The van der Waals surface area contributed by atoms with Crippen molar-refractivity contribution in [3.05, 3.63) is 0 Å². The molecule has 0 aromatic heterocycles. The zero-order valence-electron chi connectivity index (χ0n) is 12.0. The van der Waals surface area contributed by atoms with E-state index in [1.807, 2.05) is 7.05 Å². The first-order valence-corrected chi connectivity index (χ1v) is 7.47. The number of likely N-dealkylation sites (tertiary alicyclic amines) is 1. The molecule has 0 bridgehead atoms. The first kappa shape index (κ1) is 16.7. The Morgan fingerprint density at radius 3 is 2.53 bits per heavy atom. The van der Waals surface area contributed by atoms with Crippen LogP contribution >= 0.6 is 12.4 Å². The van der Waals surface area contributed by atoms with Crippen LogP contribution in [0.4, 0.5) is 0 Å². The van der Waals surface area contributed by atoms with E-state index in [0.29, 0.717) is 18.5 Å². The summed E-state index contributed by atoms with van der Waals surface area (Å²) in [5.74, 6) is 0.244. The fraction of sp³-hybridized carbons (Fsp3) is 0.929. The maximum atomic E-state index is 11.8. The summed E-state index contributed by atoms with van der Waals surface area (Å²) in [7, 11) is 2.03. The molecule has 0 aromatic carbocycles. The number of nitrogens with zero attached hydrogens (tertiary/aromatic N) is 1. The summed E-state index contributed by atoms with van der Waals surface area (Å²) in [5, 5.41) is 6.50. The maximum absolute atomic E-state index is 11.8. The predicted octanol–water partition coefficient (Wildman–Crippen LogP) is 1.54. The van der Waals surface area contributed by atoms with Gasteiger partial charge in [-0.15, -0.1) is 12.4 Å². The summed E-state index contributed by atoms with van der Waals surface area (Å²) in [6.45, 7) is 3.15. The van der Waals surface area contributed by atoms with Crippen LogP contribution in [0.2, 0.25) is 0 Å². The molecule has 2 aliphatic rings. The van der Waals surface area contributed by atoms with E-state index >= 15 is 0 Å². The third kappa shape index (κ3) is 5.67. The molecule has 0 spiro atoms. The topological polar surface area (TPSA) is 44.4 Å². The van der Waals surface area contributed by atoms with Crippen molar-refractivity contribution in [1.29, 1.82) is 0 Å². The number of carbonyl (C=O) groups excluding carboxylic acids is 1. The van der Waals surface area contributed by atoms with Gasteiger partial charge in [0.1, 0.15) is 0 Å². The first-order valence-electron chi connectivity index (χ1n) is 7.47. The second kappa shape index (κ2) is 8.77. The van der Waals surface area contributed by atoms with Gasteiger partial charge in [0, 0.05) is 31.6 Å². The fourth-order valence-corrected chi connectivity index (χ4v) is 3.12. The van der Waals surface area contributed by atoms with E-state index in [1.54, 1.807) is 0 Å². The fourth-order valence-electron chi connectivity index (χ4n) is 3.12. The third-order valence-corrected chi connectivity index (χ3v) is 4.29. The highest BCUT2D eigenvalue weighted by atomic mass is 35.5. The van der Waals surface area contributed by atoms with Gasteiger partial charge < -0.3 is 15.5 Å². The molecule has 1 aliphatic carbocycles. The lowest BCUT2D eigenvalue weighted by Gasteiger charge is -2.32. The number of hydrogen-bond donors (Lipinski definition) is 2. The van der Waals surface area contributed by atoms with Crippen molar-refractivity contribution in [2.75, 3.05) is 26.7 Å². The monoisotopic (exact) mass is 289 g/mol. The smallest absolute Gasteiger partial charge is 0.221 e. The Kier molecular flexibility index (Phi) is 7.73. The van der Waals surface area contributed by atoms with Crippen LogP contribution in [0, 0.1) is 0 Å². The van der Waals surface area contributed by atoms with Crippen LogP contribution < -0.4 is 10.6 Å². The van der Waals surface area contributed by atoms with Crippen LogP contribution in [0.25, 0.3) is 0 Å². The molecular weight excluding hydrogens is 262 g/mol. The number of nitrogens with one attached hydrogen (secondary N) is 2. The van der Waals surface area contributed by atoms with Gasteiger partial charge >= 0.3 is 0 Å². The van der Waals surface area contributed by atoms with Gasteiger partial charge in [-0.2, -0.15) is 0 Å². The van der Waals surface area contributed by atoms with Gasteiger partial charge in [-0.1, -0.05) is 12.8 Å². The van der Waals surface area contributed by atoms with Gasteiger partial charge in [0.05, 0.1) is 0 Å². The molecule has 1 amide bonds. The standard InChI is InChI=1S/C14H27N3O.ClH/c1-15-13-7-4-9-17(11-13)10-8-14(18)16-12-5-2-3-6-12;/h12-13,15H,2-11H2,1H3,(H,16,18);1H. The van der Waals surface area contributed by atoms with E-state index in [-0.39, 0.29) is 18.3 Å². The molecule has 1 heterocycles. The Morgan fingerprint density at radius 1 is 1.16 bits per heavy atom. The van der Waals surface area contributed by atoms with E-state index in [2.05, 4.69) is 15.5 Å². The van der Waals surface area contributed by atoms with Crippen molar-refractivity contribution in [2.24, 2.45) is 0 Å². The highest BCUT2D eigenvalue weighted by molar-refractivity contribution is 5.85. The van der Waals surface area contributed by atoms with Gasteiger partial charge in [0.15, 0.2) is 0 Å². The predicted molar refractivity (Wildman–Crippen MR) is 80.8 cm³/mol. The normalized spacial score (nSPS) is 25.0. The van der Waals surface area contributed by atoms with Crippen molar-refractivity contribution < 1.29 is 4.79 Å². The number of amides is 1. The molecule has 2 fully saturated rings. The lowest BCUT2D eigenvalue weighted by Crippen LogP contribution is -2.45. The summed E-state index contributed by atoms with van der Waals surface area (Å²) in [4.78, 5) is 14.3. The number of hydrogen-bond acceptors (Lipinski definition) is 3. The summed E-state index contributed by atoms with van der Waals surface area (Å²) in [6, 6.07) is 1.07. The number of likely N-dealkylation sites (N-methyl/N-ethyl adjacent to an activating group) is 1. The van der Waals surface area contributed by atoms with Gasteiger partial charge in [0.25, 0.3) is 0 Å². The van der Waals surface area contributed by atoms with Gasteiger partial charge in [-0.25, -0.2) is 0 Å². The zero-order valence-corrected chi connectivity index (χ0v) is 12.8. The molecule has 112 valence electrons.